The molecule has 1 aliphatic heterocycles. The van der Waals surface area contributed by atoms with Gasteiger partial charge < -0.3 is 9.64 Å². The van der Waals surface area contributed by atoms with Crippen molar-refractivity contribution >= 4 is 27.8 Å². The van der Waals surface area contributed by atoms with Crippen LogP contribution in [0.1, 0.15) is 29.6 Å². The molecule has 0 aromatic heterocycles. The molecule has 1 aromatic rings. The van der Waals surface area contributed by atoms with Gasteiger partial charge >= 0.3 is 5.97 Å². The summed E-state index contributed by atoms with van der Waals surface area (Å²) in [6, 6.07) is 6.72. The van der Waals surface area contributed by atoms with Gasteiger partial charge in [-0.2, -0.15) is 0 Å². The fourth-order valence-electron chi connectivity index (χ4n) is 2.31. The molecule has 1 amide bonds. The summed E-state index contributed by atoms with van der Waals surface area (Å²) in [6.07, 6.45) is 2.55. The molecule has 0 aliphatic carbocycles. The van der Waals surface area contributed by atoms with Gasteiger partial charge in [-0.3, -0.25) is 4.79 Å². The van der Waals surface area contributed by atoms with Gasteiger partial charge in [0.05, 0.1) is 7.11 Å². The topological polar surface area (TPSA) is 46.6 Å². The van der Waals surface area contributed by atoms with Crippen molar-refractivity contribution in [2.45, 2.75) is 25.3 Å². The normalized spacial score (nSPS) is 19.1. The van der Waals surface area contributed by atoms with Crippen LogP contribution < -0.4 is 0 Å². The van der Waals surface area contributed by atoms with Gasteiger partial charge in [0, 0.05) is 16.6 Å². The number of methoxy groups -OCH3 is 1. The molecule has 5 heteroatoms. The molecule has 0 spiro atoms. The Morgan fingerprint density at radius 3 is 2.58 bits per heavy atom. The van der Waals surface area contributed by atoms with Crippen molar-refractivity contribution in [2.75, 3.05) is 13.7 Å². The number of hydrogen-bond acceptors (Lipinski definition) is 3. The Balaban J connectivity index is 2.20. The molecule has 2 rings (SSSR count). The predicted octanol–water partition coefficient (Wildman–Crippen LogP) is 2.62. The summed E-state index contributed by atoms with van der Waals surface area (Å²) in [6.45, 7) is 0.606. The number of carbonyl (C=O) groups excluding carboxylic acids is 2. The molecule has 1 heterocycles. The van der Waals surface area contributed by atoms with Gasteiger partial charge in [0.15, 0.2) is 0 Å². The molecule has 4 nitrogen and oxygen atoms in total. The molecule has 1 unspecified atom stereocenters. The van der Waals surface area contributed by atoms with Crippen molar-refractivity contribution < 1.29 is 14.3 Å². The van der Waals surface area contributed by atoms with E-state index in [9.17, 15) is 9.59 Å². The number of carbonyl (C=O) groups is 2. The van der Waals surface area contributed by atoms with Crippen LogP contribution in [0.3, 0.4) is 0 Å². The first kappa shape index (κ1) is 14.1. The maximum atomic E-state index is 12.4. The highest BCUT2D eigenvalue weighted by Crippen LogP contribution is 2.21. The quantitative estimate of drug-likeness (QED) is 0.785. The predicted molar refractivity (Wildman–Crippen MR) is 74.8 cm³/mol. The fourth-order valence-corrected chi connectivity index (χ4v) is 2.58. The summed E-state index contributed by atoms with van der Waals surface area (Å²) in [5.74, 6) is -0.437. The highest BCUT2D eigenvalue weighted by atomic mass is 79.9. The molecule has 0 radical (unpaired) electrons. The SMILES string of the molecule is COC(=O)C1CCCCN1C(=O)c1ccc(Br)cc1. The zero-order valence-corrected chi connectivity index (χ0v) is 12.4. The number of benzene rings is 1. The zero-order chi connectivity index (χ0) is 13.8. The Bertz CT molecular complexity index is 472. The third kappa shape index (κ3) is 3.15. The van der Waals surface area contributed by atoms with E-state index in [1.54, 1.807) is 17.0 Å². The lowest BCUT2D eigenvalue weighted by molar-refractivity contribution is -0.147. The lowest BCUT2D eigenvalue weighted by atomic mass is 10.0. The van der Waals surface area contributed by atoms with Crippen molar-refractivity contribution in [3.63, 3.8) is 0 Å². The van der Waals surface area contributed by atoms with E-state index in [2.05, 4.69) is 15.9 Å². The zero-order valence-electron chi connectivity index (χ0n) is 10.8. The third-order valence-corrected chi connectivity index (χ3v) is 3.86. The average Bonchev–Trinajstić information content (AvgIpc) is 2.46. The minimum absolute atomic E-state index is 0.109. The molecule has 1 aromatic carbocycles. The monoisotopic (exact) mass is 325 g/mol. The first-order chi connectivity index (χ1) is 9.13. The van der Waals surface area contributed by atoms with Gasteiger partial charge in [0.2, 0.25) is 0 Å². The largest absolute Gasteiger partial charge is 0.467 e. The summed E-state index contributed by atoms with van der Waals surface area (Å²) < 4.78 is 5.71. The van der Waals surface area contributed by atoms with E-state index < -0.39 is 6.04 Å². The van der Waals surface area contributed by atoms with Crippen molar-refractivity contribution in [1.82, 2.24) is 4.90 Å². The van der Waals surface area contributed by atoms with Gasteiger partial charge in [0.25, 0.3) is 5.91 Å². The van der Waals surface area contributed by atoms with Crippen LogP contribution in [0.5, 0.6) is 0 Å². The van der Waals surface area contributed by atoms with Gasteiger partial charge in [-0.1, -0.05) is 15.9 Å². The first-order valence-electron chi connectivity index (χ1n) is 6.28. The van der Waals surface area contributed by atoms with Gasteiger partial charge in [-0.15, -0.1) is 0 Å². The number of piperidine rings is 1. The van der Waals surface area contributed by atoms with Gasteiger partial charge in [0.1, 0.15) is 6.04 Å². The number of esters is 1. The van der Waals surface area contributed by atoms with E-state index in [1.807, 2.05) is 12.1 Å². The van der Waals surface area contributed by atoms with Gasteiger partial charge in [-0.05, 0) is 43.5 Å². The van der Waals surface area contributed by atoms with Crippen LogP contribution in [-0.4, -0.2) is 36.5 Å². The molecule has 0 bridgehead atoms. The van der Waals surface area contributed by atoms with E-state index in [4.69, 9.17) is 4.74 Å². The molecule has 1 fully saturated rings. The molecular formula is C14H16BrNO3. The van der Waals surface area contributed by atoms with Crippen LogP contribution >= 0.6 is 15.9 Å². The van der Waals surface area contributed by atoms with E-state index >= 15 is 0 Å². The summed E-state index contributed by atoms with van der Waals surface area (Å²) in [4.78, 5) is 25.8. The average molecular weight is 326 g/mol. The number of likely N-dealkylation sites (tertiary alicyclic amines) is 1. The van der Waals surface area contributed by atoms with Crippen LogP contribution in [0.4, 0.5) is 0 Å². The standard InChI is InChI=1S/C14H16BrNO3/c1-19-14(18)12-4-2-3-9-16(12)13(17)10-5-7-11(15)8-6-10/h5-8,12H,2-4,9H2,1H3. The second kappa shape index (κ2) is 6.19. The lowest BCUT2D eigenvalue weighted by Crippen LogP contribution is -2.48. The van der Waals surface area contributed by atoms with Crippen LogP contribution in [0.25, 0.3) is 0 Å². The number of nitrogens with zero attached hydrogens (tertiary/aromatic N) is 1. The number of ether oxygens (including phenoxy) is 1. The Morgan fingerprint density at radius 2 is 1.95 bits per heavy atom. The fraction of sp³-hybridized carbons (Fsp3) is 0.429. The van der Waals surface area contributed by atoms with Crippen molar-refractivity contribution in [2.24, 2.45) is 0 Å². The molecule has 0 saturated carbocycles. The molecule has 1 atom stereocenters. The molecule has 1 saturated heterocycles. The summed E-state index contributed by atoms with van der Waals surface area (Å²) in [5.41, 5.74) is 0.596. The number of rotatable bonds is 2. The van der Waals surface area contributed by atoms with E-state index in [0.29, 0.717) is 18.5 Å². The molecule has 1 aliphatic rings. The molecule has 0 N–H and O–H groups in total. The Morgan fingerprint density at radius 1 is 1.26 bits per heavy atom. The number of halogens is 1. The number of amides is 1. The third-order valence-electron chi connectivity index (χ3n) is 3.33. The molecule has 102 valence electrons. The van der Waals surface area contributed by atoms with Crippen LogP contribution in [0, 0.1) is 0 Å². The van der Waals surface area contributed by atoms with E-state index in [1.165, 1.54) is 7.11 Å². The Kier molecular flexibility index (Phi) is 4.58. The van der Waals surface area contributed by atoms with Crippen LogP contribution in [-0.2, 0) is 9.53 Å². The maximum Gasteiger partial charge on any atom is 0.328 e. The summed E-state index contributed by atoms with van der Waals surface area (Å²) in [7, 11) is 1.36. The Labute approximate surface area is 120 Å². The van der Waals surface area contributed by atoms with Crippen LogP contribution in [0.15, 0.2) is 28.7 Å². The van der Waals surface area contributed by atoms with E-state index in [-0.39, 0.29) is 11.9 Å². The van der Waals surface area contributed by atoms with Crippen LogP contribution in [0.2, 0.25) is 0 Å². The lowest BCUT2D eigenvalue weighted by Gasteiger charge is -2.33. The highest BCUT2D eigenvalue weighted by Gasteiger charge is 2.33. The molecule has 19 heavy (non-hydrogen) atoms. The van der Waals surface area contributed by atoms with Crippen molar-refractivity contribution in [3.05, 3.63) is 34.3 Å². The van der Waals surface area contributed by atoms with Crippen molar-refractivity contribution in [1.29, 1.82) is 0 Å². The minimum atomic E-state index is -0.449. The second-order valence-corrected chi connectivity index (χ2v) is 5.46. The molecular weight excluding hydrogens is 310 g/mol. The van der Waals surface area contributed by atoms with Gasteiger partial charge in [-0.25, -0.2) is 4.79 Å². The highest BCUT2D eigenvalue weighted by molar-refractivity contribution is 9.10. The Hall–Kier alpha value is -1.36. The van der Waals surface area contributed by atoms with Crippen molar-refractivity contribution in [3.8, 4) is 0 Å². The summed E-state index contributed by atoms with van der Waals surface area (Å²) >= 11 is 3.34. The summed E-state index contributed by atoms with van der Waals surface area (Å²) in [5, 5.41) is 0. The second-order valence-electron chi connectivity index (χ2n) is 4.54. The number of hydrogen-bond donors (Lipinski definition) is 0. The first-order valence-corrected chi connectivity index (χ1v) is 7.07. The minimum Gasteiger partial charge on any atom is -0.467 e. The maximum absolute atomic E-state index is 12.4. The smallest absolute Gasteiger partial charge is 0.328 e. The van der Waals surface area contributed by atoms with E-state index in [0.717, 1.165) is 17.3 Å².